The summed E-state index contributed by atoms with van der Waals surface area (Å²) in [4.78, 5) is 31.3. The van der Waals surface area contributed by atoms with Gasteiger partial charge in [0, 0.05) is 5.56 Å². The van der Waals surface area contributed by atoms with Crippen molar-refractivity contribution in [3.8, 4) is 11.3 Å². The van der Waals surface area contributed by atoms with E-state index >= 15 is 0 Å². The number of rotatable bonds is 1. The van der Waals surface area contributed by atoms with Gasteiger partial charge >= 0.3 is 0 Å². The zero-order valence-electron chi connectivity index (χ0n) is 9.78. The van der Waals surface area contributed by atoms with Gasteiger partial charge in [0.25, 0.3) is 5.91 Å². The predicted octanol–water partition coefficient (Wildman–Crippen LogP) is 1.45. The molecular weight excluding hydrogens is 246 g/mol. The number of fused-ring (bicyclic) bond motifs is 1. The van der Waals surface area contributed by atoms with E-state index in [1.165, 1.54) is 6.33 Å². The molecule has 0 bridgehead atoms. The molecule has 1 N–H and O–H groups in total. The van der Waals surface area contributed by atoms with Crippen molar-refractivity contribution in [3.63, 3.8) is 0 Å². The van der Waals surface area contributed by atoms with Gasteiger partial charge in [0.15, 0.2) is 11.6 Å². The molecule has 0 aliphatic carbocycles. The molecule has 3 rings (SSSR count). The van der Waals surface area contributed by atoms with Crippen LogP contribution in [0.4, 0.5) is 5.82 Å². The van der Waals surface area contributed by atoms with Crippen molar-refractivity contribution in [2.75, 3.05) is 5.06 Å². The first-order valence-corrected chi connectivity index (χ1v) is 5.64. The summed E-state index contributed by atoms with van der Waals surface area (Å²) in [6.07, 6.45) is 0.840. The molecule has 1 aromatic heterocycles. The topological polar surface area (TPSA) is 83.4 Å². The number of aromatic nitrogens is 2. The van der Waals surface area contributed by atoms with E-state index in [1.807, 2.05) is 18.2 Å². The van der Waals surface area contributed by atoms with E-state index in [-0.39, 0.29) is 23.6 Å². The summed E-state index contributed by atoms with van der Waals surface area (Å²) in [6, 6.07) is 9.08. The minimum Gasteiger partial charge on any atom is -0.293 e. The summed E-state index contributed by atoms with van der Waals surface area (Å²) in [5.41, 5.74) is 1.33. The maximum absolute atomic E-state index is 12.0. The van der Waals surface area contributed by atoms with Gasteiger partial charge in [-0.1, -0.05) is 30.3 Å². The molecule has 0 saturated carbocycles. The number of carbonyl (C=O) groups is 2. The third-order valence-corrected chi connectivity index (χ3v) is 2.90. The Labute approximate surface area is 108 Å². The van der Waals surface area contributed by atoms with E-state index < -0.39 is 5.91 Å². The number of carbonyl (C=O) groups excluding carboxylic acids is 2. The molecule has 6 nitrogen and oxygen atoms in total. The van der Waals surface area contributed by atoms with E-state index in [0.717, 1.165) is 5.56 Å². The van der Waals surface area contributed by atoms with E-state index in [2.05, 4.69) is 9.97 Å². The van der Waals surface area contributed by atoms with Crippen molar-refractivity contribution < 1.29 is 14.8 Å². The second-order valence-electron chi connectivity index (χ2n) is 4.09. The third-order valence-electron chi connectivity index (χ3n) is 2.90. The highest BCUT2D eigenvalue weighted by molar-refractivity contribution is 6.20. The fourth-order valence-electron chi connectivity index (χ4n) is 2.03. The highest BCUT2D eigenvalue weighted by Crippen LogP contribution is 2.31. The molecule has 1 amide bonds. The summed E-state index contributed by atoms with van der Waals surface area (Å²) in [5.74, 6) is -1.13. The monoisotopic (exact) mass is 255 g/mol. The first-order chi connectivity index (χ1) is 9.18. The van der Waals surface area contributed by atoms with Gasteiger partial charge in [-0.15, -0.1) is 0 Å². The van der Waals surface area contributed by atoms with E-state index in [0.29, 0.717) is 10.8 Å². The van der Waals surface area contributed by atoms with Crippen LogP contribution in [0.1, 0.15) is 16.8 Å². The van der Waals surface area contributed by atoms with Crippen LogP contribution in [0.15, 0.2) is 36.7 Å². The largest absolute Gasteiger partial charge is 0.293 e. The molecule has 0 atom stereocenters. The number of Topliss-reactive ketones (excluding diaryl/α,β-unsaturated/α-hetero) is 1. The van der Waals surface area contributed by atoms with Crippen LogP contribution >= 0.6 is 0 Å². The lowest BCUT2D eigenvalue weighted by Gasteiger charge is -2.22. The van der Waals surface area contributed by atoms with Crippen molar-refractivity contribution in [3.05, 3.63) is 42.2 Å². The van der Waals surface area contributed by atoms with Crippen LogP contribution in [-0.4, -0.2) is 26.9 Å². The number of amides is 1. The van der Waals surface area contributed by atoms with Crippen molar-refractivity contribution in [2.24, 2.45) is 0 Å². The number of hydrogen-bond donors (Lipinski definition) is 1. The maximum atomic E-state index is 12.0. The van der Waals surface area contributed by atoms with Gasteiger partial charge in [-0.2, -0.15) is 5.06 Å². The molecule has 0 spiro atoms. The van der Waals surface area contributed by atoms with E-state index in [1.54, 1.807) is 12.1 Å². The third kappa shape index (κ3) is 1.78. The van der Waals surface area contributed by atoms with Gasteiger partial charge in [-0.05, 0) is 0 Å². The average Bonchev–Trinajstić information content (AvgIpc) is 2.45. The van der Waals surface area contributed by atoms with Gasteiger partial charge in [-0.25, -0.2) is 9.97 Å². The highest BCUT2D eigenvalue weighted by Gasteiger charge is 2.33. The van der Waals surface area contributed by atoms with Gasteiger partial charge < -0.3 is 0 Å². The molecule has 0 unspecified atom stereocenters. The first-order valence-electron chi connectivity index (χ1n) is 5.64. The standard InChI is InChI=1S/C13H9N3O3/c17-9-6-10(18)16(19)13-11(9)12(14-7-15-13)8-4-2-1-3-5-8/h1-5,7,19H,6H2. The summed E-state index contributed by atoms with van der Waals surface area (Å²) in [7, 11) is 0. The second-order valence-corrected chi connectivity index (χ2v) is 4.09. The van der Waals surface area contributed by atoms with Gasteiger partial charge in [0.2, 0.25) is 0 Å². The summed E-state index contributed by atoms with van der Waals surface area (Å²) in [5, 5.41) is 10.1. The fourth-order valence-corrected chi connectivity index (χ4v) is 2.03. The molecule has 19 heavy (non-hydrogen) atoms. The molecular formula is C13H9N3O3. The van der Waals surface area contributed by atoms with Crippen LogP contribution in [0.5, 0.6) is 0 Å². The Balaban J connectivity index is 2.25. The van der Waals surface area contributed by atoms with Crippen molar-refractivity contribution in [1.29, 1.82) is 0 Å². The predicted molar refractivity (Wildman–Crippen MR) is 65.7 cm³/mol. The summed E-state index contributed by atoms with van der Waals surface area (Å²) >= 11 is 0. The lowest BCUT2D eigenvalue weighted by molar-refractivity contribution is -0.123. The van der Waals surface area contributed by atoms with E-state index in [4.69, 9.17) is 0 Å². The molecule has 6 heteroatoms. The lowest BCUT2D eigenvalue weighted by atomic mass is 9.98. The van der Waals surface area contributed by atoms with Crippen LogP contribution in [0, 0.1) is 0 Å². The van der Waals surface area contributed by atoms with Crippen LogP contribution in [0.25, 0.3) is 11.3 Å². The summed E-state index contributed by atoms with van der Waals surface area (Å²) in [6.45, 7) is 0. The smallest absolute Gasteiger partial charge is 0.260 e. The molecule has 1 aliphatic rings. The van der Waals surface area contributed by atoms with Gasteiger partial charge in [0.05, 0.1) is 17.7 Å². The number of anilines is 1. The van der Waals surface area contributed by atoms with Crippen molar-refractivity contribution in [2.45, 2.75) is 6.42 Å². The molecule has 1 aromatic carbocycles. The molecule has 0 radical (unpaired) electrons. The Morgan fingerprint density at radius 1 is 1.11 bits per heavy atom. The number of benzene rings is 1. The SMILES string of the molecule is O=C1CC(=O)N(O)c2ncnc(-c3ccccc3)c21. The van der Waals surface area contributed by atoms with Crippen LogP contribution in [0.3, 0.4) is 0 Å². The number of hydrogen-bond acceptors (Lipinski definition) is 5. The summed E-state index contributed by atoms with van der Waals surface area (Å²) < 4.78 is 0. The maximum Gasteiger partial charge on any atom is 0.260 e. The minimum absolute atomic E-state index is 0.0601. The van der Waals surface area contributed by atoms with Gasteiger partial charge in [0.1, 0.15) is 6.33 Å². The minimum atomic E-state index is -0.685. The Kier molecular flexibility index (Phi) is 2.57. The Morgan fingerprint density at radius 2 is 1.84 bits per heavy atom. The van der Waals surface area contributed by atoms with Crippen LogP contribution < -0.4 is 5.06 Å². The zero-order valence-corrected chi connectivity index (χ0v) is 9.78. The van der Waals surface area contributed by atoms with Crippen LogP contribution in [-0.2, 0) is 4.79 Å². The lowest BCUT2D eigenvalue weighted by Crippen LogP contribution is -2.36. The number of ketones is 1. The van der Waals surface area contributed by atoms with Crippen LogP contribution in [0.2, 0.25) is 0 Å². The van der Waals surface area contributed by atoms with E-state index in [9.17, 15) is 14.8 Å². The highest BCUT2D eigenvalue weighted by atomic mass is 16.5. The van der Waals surface area contributed by atoms with Crippen molar-refractivity contribution >= 4 is 17.5 Å². The quantitative estimate of drug-likeness (QED) is 0.616. The molecule has 2 heterocycles. The van der Waals surface area contributed by atoms with Gasteiger partial charge in [-0.3, -0.25) is 14.8 Å². The Hall–Kier alpha value is -2.60. The Bertz CT molecular complexity index is 670. The van der Waals surface area contributed by atoms with Crippen molar-refractivity contribution in [1.82, 2.24) is 9.97 Å². The molecule has 2 aromatic rings. The molecule has 94 valence electrons. The number of hydroxylamine groups is 1. The number of nitrogens with zero attached hydrogens (tertiary/aromatic N) is 3. The molecule has 0 saturated heterocycles. The molecule has 0 fully saturated rings. The fraction of sp³-hybridized carbons (Fsp3) is 0.0769. The second kappa shape index (κ2) is 4.25. The zero-order chi connectivity index (χ0) is 13.4. The first kappa shape index (κ1) is 11.5. The molecule has 1 aliphatic heterocycles. The Morgan fingerprint density at radius 3 is 2.58 bits per heavy atom. The normalized spacial score (nSPS) is 14.5. The average molecular weight is 255 g/mol.